The highest BCUT2D eigenvalue weighted by Gasteiger charge is 2.12. The zero-order valence-electron chi connectivity index (χ0n) is 9.75. The lowest BCUT2D eigenvalue weighted by Crippen LogP contribution is -2.28. The van der Waals surface area contributed by atoms with E-state index in [1.54, 1.807) is 6.07 Å². The Bertz CT molecular complexity index is 417. The Kier molecular flexibility index (Phi) is 4.08. The van der Waals surface area contributed by atoms with Crippen molar-refractivity contribution >= 4 is 0 Å². The van der Waals surface area contributed by atoms with E-state index < -0.39 is 0 Å². The molecule has 1 N–H and O–H groups in total. The Balaban J connectivity index is 2.09. The highest BCUT2D eigenvalue weighted by Crippen LogP contribution is 2.13. The van der Waals surface area contributed by atoms with Gasteiger partial charge in [0.15, 0.2) is 0 Å². The molecule has 1 aromatic rings. The second-order valence-corrected chi connectivity index (χ2v) is 4.30. The molecule has 0 unspecified atom stereocenters. The van der Waals surface area contributed by atoms with Crippen LogP contribution in [-0.2, 0) is 6.54 Å². The van der Waals surface area contributed by atoms with Gasteiger partial charge < -0.3 is 5.32 Å². The van der Waals surface area contributed by atoms with Crippen molar-refractivity contribution in [3.8, 4) is 6.07 Å². The van der Waals surface area contributed by atoms with Gasteiger partial charge in [0, 0.05) is 25.2 Å². The molecule has 1 aliphatic rings. The summed E-state index contributed by atoms with van der Waals surface area (Å²) in [5.74, 6) is -0.221. The Morgan fingerprint density at radius 1 is 1.35 bits per heavy atom. The van der Waals surface area contributed by atoms with E-state index in [4.69, 9.17) is 5.26 Å². The van der Waals surface area contributed by atoms with Crippen molar-refractivity contribution in [3.63, 3.8) is 0 Å². The zero-order chi connectivity index (χ0) is 12.1. The molecule has 1 fully saturated rings. The molecule has 0 saturated carbocycles. The zero-order valence-corrected chi connectivity index (χ0v) is 9.75. The van der Waals surface area contributed by atoms with Gasteiger partial charge in [-0.05, 0) is 37.7 Å². The molecule has 1 heterocycles. The second-order valence-electron chi connectivity index (χ2n) is 4.30. The molecular formula is C13H16FN3. The largest absolute Gasteiger partial charge is 0.315 e. The fourth-order valence-corrected chi connectivity index (χ4v) is 2.07. The maximum Gasteiger partial charge on any atom is 0.127 e. The Labute approximate surface area is 101 Å². The SMILES string of the molecule is N#Cc1ccc(F)c(CN2CCCNCC2)c1. The Hall–Kier alpha value is -1.44. The summed E-state index contributed by atoms with van der Waals surface area (Å²) >= 11 is 0. The van der Waals surface area contributed by atoms with Gasteiger partial charge in [-0.15, -0.1) is 0 Å². The van der Waals surface area contributed by atoms with Crippen molar-refractivity contribution in [3.05, 3.63) is 35.1 Å². The summed E-state index contributed by atoms with van der Waals surface area (Å²) in [5, 5.41) is 12.1. The van der Waals surface area contributed by atoms with Gasteiger partial charge in [0.05, 0.1) is 11.6 Å². The highest BCUT2D eigenvalue weighted by molar-refractivity contribution is 5.33. The van der Waals surface area contributed by atoms with E-state index in [1.807, 2.05) is 6.07 Å². The summed E-state index contributed by atoms with van der Waals surface area (Å²) < 4.78 is 13.6. The number of hydrogen-bond acceptors (Lipinski definition) is 3. The summed E-state index contributed by atoms with van der Waals surface area (Å²) in [7, 11) is 0. The number of nitrogens with one attached hydrogen (secondary N) is 1. The van der Waals surface area contributed by atoms with Gasteiger partial charge in [0.25, 0.3) is 0 Å². The average molecular weight is 233 g/mol. The fourth-order valence-electron chi connectivity index (χ4n) is 2.07. The molecule has 0 spiro atoms. The molecule has 1 aromatic carbocycles. The molecular weight excluding hydrogens is 217 g/mol. The van der Waals surface area contributed by atoms with Crippen molar-refractivity contribution in [1.82, 2.24) is 10.2 Å². The standard InChI is InChI=1S/C13H16FN3/c14-13-3-2-11(9-15)8-12(13)10-17-6-1-4-16-5-7-17/h2-3,8,16H,1,4-7,10H2. The Morgan fingerprint density at radius 3 is 3.06 bits per heavy atom. The molecule has 2 rings (SSSR count). The van der Waals surface area contributed by atoms with Crippen LogP contribution >= 0.6 is 0 Å². The summed E-state index contributed by atoms with van der Waals surface area (Å²) in [6.07, 6.45) is 1.08. The summed E-state index contributed by atoms with van der Waals surface area (Å²) in [5.41, 5.74) is 1.14. The van der Waals surface area contributed by atoms with Crippen LogP contribution in [0.2, 0.25) is 0 Å². The van der Waals surface area contributed by atoms with Crippen molar-refractivity contribution in [2.24, 2.45) is 0 Å². The molecule has 0 radical (unpaired) electrons. The van der Waals surface area contributed by atoms with E-state index in [0.717, 1.165) is 32.6 Å². The van der Waals surface area contributed by atoms with E-state index in [0.29, 0.717) is 17.7 Å². The first-order chi connectivity index (χ1) is 8.29. The molecule has 0 amide bonds. The minimum absolute atomic E-state index is 0.221. The fraction of sp³-hybridized carbons (Fsp3) is 0.462. The van der Waals surface area contributed by atoms with Crippen LogP contribution in [0, 0.1) is 17.1 Å². The van der Waals surface area contributed by atoms with Crippen LogP contribution < -0.4 is 5.32 Å². The summed E-state index contributed by atoms with van der Waals surface area (Å²) in [6, 6.07) is 6.59. The third-order valence-corrected chi connectivity index (χ3v) is 3.00. The van der Waals surface area contributed by atoms with Gasteiger partial charge in [-0.25, -0.2) is 4.39 Å². The van der Waals surface area contributed by atoms with E-state index in [2.05, 4.69) is 10.2 Å². The maximum absolute atomic E-state index is 13.6. The minimum Gasteiger partial charge on any atom is -0.315 e. The van der Waals surface area contributed by atoms with Crippen molar-refractivity contribution in [1.29, 1.82) is 5.26 Å². The molecule has 90 valence electrons. The van der Waals surface area contributed by atoms with Crippen molar-refractivity contribution in [2.75, 3.05) is 26.2 Å². The molecule has 0 bridgehead atoms. The molecule has 0 atom stereocenters. The number of nitriles is 1. The van der Waals surface area contributed by atoms with Gasteiger partial charge in [-0.2, -0.15) is 5.26 Å². The number of hydrogen-bond donors (Lipinski definition) is 1. The minimum atomic E-state index is -0.221. The van der Waals surface area contributed by atoms with Gasteiger partial charge in [0.1, 0.15) is 5.82 Å². The predicted octanol–water partition coefficient (Wildman–Crippen LogP) is 1.49. The van der Waals surface area contributed by atoms with E-state index in [-0.39, 0.29) is 5.82 Å². The lowest BCUT2D eigenvalue weighted by Gasteiger charge is -2.19. The van der Waals surface area contributed by atoms with E-state index >= 15 is 0 Å². The third-order valence-electron chi connectivity index (χ3n) is 3.00. The molecule has 17 heavy (non-hydrogen) atoms. The Morgan fingerprint density at radius 2 is 2.24 bits per heavy atom. The van der Waals surface area contributed by atoms with E-state index in [1.165, 1.54) is 12.1 Å². The lowest BCUT2D eigenvalue weighted by atomic mass is 10.1. The molecule has 3 nitrogen and oxygen atoms in total. The summed E-state index contributed by atoms with van der Waals surface area (Å²) in [4.78, 5) is 2.22. The van der Waals surface area contributed by atoms with Crippen LogP contribution in [0.4, 0.5) is 4.39 Å². The number of halogens is 1. The third kappa shape index (κ3) is 3.26. The maximum atomic E-state index is 13.6. The molecule has 1 aliphatic heterocycles. The smallest absolute Gasteiger partial charge is 0.127 e. The molecule has 4 heteroatoms. The molecule has 0 aromatic heterocycles. The number of rotatable bonds is 2. The van der Waals surface area contributed by atoms with Crippen LogP contribution in [0.3, 0.4) is 0 Å². The van der Waals surface area contributed by atoms with E-state index in [9.17, 15) is 4.39 Å². The van der Waals surface area contributed by atoms with Crippen LogP contribution in [0.15, 0.2) is 18.2 Å². The normalized spacial score (nSPS) is 17.4. The van der Waals surface area contributed by atoms with Crippen LogP contribution in [-0.4, -0.2) is 31.1 Å². The van der Waals surface area contributed by atoms with Crippen LogP contribution in [0.5, 0.6) is 0 Å². The first-order valence-corrected chi connectivity index (χ1v) is 5.91. The number of benzene rings is 1. The van der Waals surface area contributed by atoms with Gasteiger partial charge in [-0.1, -0.05) is 0 Å². The first-order valence-electron chi connectivity index (χ1n) is 5.91. The topological polar surface area (TPSA) is 39.1 Å². The van der Waals surface area contributed by atoms with Gasteiger partial charge >= 0.3 is 0 Å². The van der Waals surface area contributed by atoms with Gasteiger partial charge in [0.2, 0.25) is 0 Å². The second kappa shape index (κ2) is 5.76. The monoisotopic (exact) mass is 233 g/mol. The average Bonchev–Trinajstić information content (AvgIpc) is 2.60. The lowest BCUT2D eigenvalue weighted by molar-refractivity contribution is 0.280. The molecule has 0 aliphatic carbocycles. The highest BCUT2D eigenvalue weighted by atomic mass is 19.1. The summed E-state index contributed by atoms with van der Waals surface area (Å²) in [6.45, 7) is 4.46. The van der Waals surface area contributed by atoms with Crippen LogP contribution in [0.1, 0.15) is 17.5 Å². The van der Waals surface area contributed by atoms with Crippen molar-refractivity contribution < 1.29 is 4.39 Å². The van der Waals surface area contributed by atoms with Gasteiger partial charge in [-0.3, -0.25) is 4.90 Å². The predicted molar refractivity (Wildman–Crippen MR) is 63.9 cm³/mol. The van der Waals surface area contributed by atoms with Crippen molar-refractivity contribution in [2.45, 2.75) is 13.0 Å². The van der Waals surface area contributed by atoms with Crippen LogP contribution in [0.25, 0.3) is 0 Å². The first kappa shape index (κ1) is 12.0. The molecule has 1 saturated heterocycles. The number of nitrogens with zero attached hydrogens (tertiary/aromatic N) is 2. The quantitative estimate of drug-likeness (QED) is 0.841.